The number of carbonyl (C=O) groups excluding carboxylic acids is 1. The normalized spacial score (nSPS) is 19.6. The molecule has 1 aliphatic heterocycles. The number of carbonyl (C=O) groups is 1. The van der Waals surface area contributed by atoms with E-state index in [-0.39, 0.29) is 12.8 Å². The van der Waals surface area contributed by atoms with Gasteiger partial charge in [-0.2, -0.15) is 0 Å². The number of ether oxygens (including phenoxy) is 2. The van der Waals surface area contributed by atoms with E-state index in [0.29, 0.717) is 19.3 Å². The molecular weight excluding hydrogens is 991 g/mol. The molecule has 1 saturated heterocycles. The Morgan fingerprint density at radius 3 is 1.13 bits per heavy atom. The molecule has 79 heavy (non-hydrogen) atoms. The minimum atomic E-state index is -1.67. The standard InChI is InChI=1S/C68H127NO10/c1-3-5-7-9-11-13-15-17-19-21-23-25-27-29-30-32-34-36-38-40-42-44-46-48-50-52-54-56-61(72)67(77)69-59(58-78-68-66(76)65(75)64(74)62(57-70)79-68)63(73)60(71)55-53-51-49-47-45-43-41-39-37-35-33-31-28-26-24-22-20-18-16-14-12-10-8-6-4-2/h29-31,33,39,41,47,49,59-66,68,70-76H,3-28,32,34-38,40,42-46,48,50-58H2,1-2H3,(H,69,77)/b30-29-,33-31+,41-39+,49-47+. The van der Waals surface area contributed by atoms with Gasteiger partial charge in [0.25, 0.3) is 0 Å². The molecule has 1 amide bonds. The first-order valence-electron chi connectivity index (χ1n) is 33.5. The number of rotatable bonds is 58. The number of nitrogens with one attached hydrogen (secondary N) is 1. The third kappa shape index (κ3) is 44.3. The van der Waals surface area contributed by atoms with Gasteiger partial charge >= 0.3 is 0 Å². The Kier molecular flexibility index (Phi) is 53.7. The van der Waals surface area contributed by atoms with Gasteiger partial charge in [-0.1, -0.05) is 268 Å². The average Bonchev–Trinajstić information content (AvgIpc) is 3.46. The summed E-state index contributed by atoms with van der Waals surface area (Å²) in [6, 6.07) is -1.20. The van der Waals surface area contributed by atoms with Gasteiger partial charge < -0.3 is 50.5 Å². The molecule has 11 heteroatoms. The second-order valence-electron chi connectivity index (χ2n) is 23.5. The Morgan fingerprint density at radius 1 is 0.430 bits per heavy atom. The first-order valence-corrected chi connectivity index (χ1v) is 33.5. The summed E-state index contributed by atoms with van der Waals surface area (Å²) in [5.74, 6) is -0.710. The lowest BCUT2D eigenvalue weighted by molar-refractivity contribution is -0.303. The van der Waals surface area contributed by atoms with Gasteiger partial charge in [0.15, 0.2) is 6.29 Å². The molecule has 1 aliphatic rings. The number of aliphatic hydroxyl groups excluding tert-OH is 7. The van der Waals surface area contributed by atoms with Crippen LogP contribution in [0, 0.1) is 0 Å². The van der Waals surface area contributed by atoms with E-state index in [0.717, 1.165) is 44.9 Å². The fraction of sp³-hybridized carbons (Fsp3) is 0.868. The first-order chi connectivity index (χ1) is 38.7. The van der Waals surface area contributed by atoms with Gasteiger partial charge in [0.1, 0.15) is 36.6 Å². The summed E-state index contributed by atoms with van der Waals surface area (Å²) >= 11 is 0. The van der Waals surface area contributed by atoms with Gasteiger partial charge in [-0.15, -0.1) is 0 Å². The largest absolute Gasteiger partial charge is 0.394 e. The van der Waals surface area contributed by atoms with Gasteiger partial charge in [-0.3, -0.25) is 4.79 Å². The van der Waals surface area contributed by atoms with E-state index < -0.39 is 74.2 Å². The van der Waals surface area contributed by atoms with E-state index in [9.17, 15) is 40.5 Å². The smallest absolute Gasteiger partial charge is 0.249 e. The van der Waals surface area contributed by atoms with Crippen molar-refractivity contribution in [2.45, 2.75) is 364 Å². The molecule has 0 spiro atoms. The second-order valence-corrected chi connectivity index (χ2v) is 23.5. The molecule has 0 bridgehead atoms. The van der Waals surface area contributed by atoms with Crippen molar-refractivity contribution >= 4 is 5.91 Å². The molecule has 464 valence electrons. The molecule has 0 saturated carbocycles. The van der Waals surface area contributed by atoms with Crippen LogP contribution in [0.25, 0.3) is 0 Å². The summed E-state index contributed by atoms with van der Waals surface area (Å²) in [5.41, 5.74) is 0. The maximum absolute atomic E-state index is 13.2. The van der Waals surface area contributed by atoms with Crippen LogP contribution in [-0.2, 0) is 14.3 Å². The Morgan fingerprint density at radius 2 is 0.759 bits per heavy atom. The lowest BCUT2D eigenvalue weighted by Crippen LogP contribution is -2.60. The van der Waals surface area contributed by atoms with E-state index in [1.54, 1.807) is 0 Å². The predicted molar refractivity (Wildman–Crippen MR) is 330 cm³/mol. The van der Waals surface area contributed by atoms with Crippen LogP contribution in [-0.4, -0.2) is 110 Å². The van der Waals surface area contributed by atoms with Crippen LogP contribution in [0.5, 0.6) is 0 Å². The van der Waals surface area contributed by atoms with Crippen molar-refractivity contribution in [3.05, 3.63) is 48.6 Å². The molecule has 0 radical (unpaired) electrons. The van der Waals surface area contributed by atoms with E-state index in [2.05, 4.69) is 67.8 Å². The predicted octanol–water partition coefficient (Wildman–Crippen LogP) is 15.6. The fourth-order valence-corrected chi connectivity index (χ4v) is 10.6. The van der Waals surface area contributed by atoms with Crippen molar-refractivity contribution in [1.82, 2.24) is 5.32 Å². The number of unbranched alkanes of at least 4 members (excludes halogenated alkanes) is 38. The molecule has 0 aromatic rings. The lowest BCUT2D eigenvalue weighted by Gasteiger charge is -2.40. The maximum atomic E-state index is 13.2. The molecule has 8 N–H and O–H groups in total. The Bertz CT molecular complexity index is 1420. The summed E-state index contributed by atoms with van der Waals surface area (Å²) < 4.78 is 11.2. The number of hydrogen-bond donors (Lipinski definition) is 8. The summed E-state index contributed by atoms with van der Waals surface area (Å²) in [4.78, 5) is 13.2. The highest BCUT2D eigenvalue weighted by Gasteiger charge is 2.44. The molecule has 1 heterocycles. The highest BCUT2D eigenvalue weighted by molar-refractivity contribution is 5.80. The lowest BCUT2D eigenvalue weighted by atomic mass is 9.98. The third-order valence-corrected chi connectivity index (χ3v) is 16.1. The zero-order valence-electron chi connectivity index (χ0n) is 51.1. The van der Waals surface area contributed by atoms with Gasteiger partial charge in [0.05, 0.1) is 25.4 Å². The molecule has 0 aromatic heterocycles. The van der Waals surface area contributed by atoms with Crippen LogP contribution < -0.4 is 5.32 Å². The van der Waals surface area contributed by atoms with Crippen molar-refractivity contribution in [3.63, 3.8) is 0 Å². The highest BCUT2D eigenvalue weighted by atomic mass is 16.7. The highest BCUT2D eigenvalue weighted by Crippen LogP contribution is 2.24. The van der Waals surface area contributed by atoms with Crippen molar-refractivity contribution in [2.75, 3.05) is 13.2 Å². The third-order valence-electron chi connectivity index (χ3n) is 16.1. The SMILES string of the molecule is CCCCCCCCCCCCCC/C=C\CCCCCCCCCCCCCC(O)C(=O)NC(COC1OC(CO)C(O)C(O)C1O)C(O)C(O)CCC/C=C/CC/C=C/CC/C=C/CCCCCCCCCCCCCC. The van der Waals surface area contributed by atoms with Crippen LogP contribution in [0.1, 0.15) is 309 Å². The minimum absolute atomic E-state index is 0.241. The Labute approximate surface area is 485 Å². The fourth-order valence-electron chi connectivity index (χ4n) is 10.6. The molecule has 1 rings (SSSR count). The minimum Gasteiger partial charge on any atom is -0.394 e. The summed E-state index contributed by atoms with van der Waals surface area (Å²) in [6.07, 6.45) is 61.8. The molecule has 0 aliphatic carbocycles. The first kappa shape index (κ1) is 75.1. The Balaban J connectivity index is 2.27. The average molecular weight is 1120 g/mol. The molecule has 0 aromatic carbocycles. The summed E-state index contributed by atoms with van der Waals surface area (Å²) in [5, 5.41) is 76.4. The van der Waals surface area contributed by atoms with Crippen molar-refractivity contribution in [2.24, 2.45) is 0 Å². The van der Waals surface area contributed by atoms with Crippen LogP contribution in [0.15, 0.2) is 48.6 Å². The number of allylic oxidation sites excluding steroid dienone is 8. The number of hydrogen-bond acceptors (Lipinski definition) is 10. The number of aliphatic hydroxyl groups is 7. The number of amides is 1. The van der Waals surface area contributed by atoms with Gasteiger partial charge in [-0.25, -0.2) is 0 Å². The van der Waals surface area contributed by atoms with Crippen LogP contribution in [0.3, 0.4) is 0 Å². The maximum Gasteiger partial charge on any atom is 0.249 e. The van der Waals surface area contributed by atoms with Gasteiger partial charge in [0, 0.05) is 0 Å². The Hall–Kier alpha value is -1.93. The van der Waals surface area contributed by atoms with Gasteiger partial charge in [-0.05, 0) is 89.9 Å². The van der Waals surface area contributed by atoms with Crippen molar-refractivity contribution < 1.29 is 50.0 Å². The molecule has 9 atom stereocenters. The molecule has 9 unspecified atom stereocenters. The molecule has 1 fully saturated rings. The van der Waals surface area contributed by atoms with Crippen LogP contribution in [0.2, 0.25) is 0 Å². The summed E-state index contributed by atoms with van der Waals surface area (Å²) in [7, 11) is 0. The van der Waals surface area contributed by atoms with E-state index >= 15 is 0 Å². The molecular formula is C68H127NO10. The van der Waals surface area contributed by atoms with E-state index in [1.807, 2.05) is 0 Å². The van der Waals surface area contributed by atoms with E-state index in [1.165, 1.54) is 218 Å². The van der Waals surface area contributed by atoms with Gasteiger partial charge in [0.2, 0.25) is 5.91 Å². The monoisotopic (exact) mass is 1120 g/mol. The van der Waals surface area contributed by atoms with Crippen LogP contribution in [0.4, 0.5) is 0 Å². The molecule has 11 nitrogen and oxygen atoms in total. The summed E-state index contributed by atoms with van der Waals surface area (Å²) in [6.45, 7) is 3.47. The zero-order chi connectivity index (χ0) is 57.5. The second kappa shape index (κ2) is 56.5. The van der Waals surface area contributed by atoms with Crippen molar-refractivity contribution in [3.8, 4) is 0 Å². The van der Waals surface area contributed by atoms with E-state index in [4.69, 9.17) is 9.47 Å². The quantitative estimate of drug-likeness (QED) is 0.0215. The topological polar surface area (TPSA) is 189 Å². The van der Waals surface area contributed by atoms with Crippen molar-refractivity contribution in [1.29, 1.82) is 0 Å². The van der Waals surface area contributed by atoms with Crippen LogP contribution >= 0.6 is 0 Å². The zero-order valence-corrected chi connectivity index (χ0v) is 51.1.